The molecule has 2 amide bonds. The van der Waals surface area contributed by atoms with E-state index >= 15 is 0 Å². The number of phenols is 1. The Kier molecular flexibility index (Phi) is 20.7. The molecule has 4 N–H and O–H groups in total. The summed E-state index contributed by atoms with van der Waals surface area (Å²) in [5.74, 6) is -0.268. The molecule has 0 saturated heterocycles. The van der Waals surface area contributed by atoms with Crippen molar-refractivity contribution in [3.8, 4) is 68.2 Å². The molecular formula is C69H56N10O15. The maximum absolute atomic E-state index is 12.7. The number of ether oxygens (including phenoxy) is 4. The highest BCUT2D eigenvalue weighted by Crippen LogP contribution is 2.56. The zero-order chi connectivity index (χ0) is 67.1. The Labute approximate surface area is 534 Å². The molecule has 1 unspecified atom stereocenters. The topological polar surface area (TPSA) is 354 Å². The predicted octanol–water partition coefficient (Wildman–Crippen LogP) is 9.69. The molecule has 0 saturated carbocycles. The first kappa shape index (κ1) is 65.6. The molecule has 0 fully saturated rings. The highest BCUT2D eigenvalue weighted by molar-refractivity contribution is 6.07. The predicted molar refractivity (Wildman–Crippen MR) is 338 cm³/mol. The van der Waals surface area contributed by atoms with Crippen molar-refractivity contribution in [1.82, 2.24) is 51.4 Å². The molecule has 1 atom stereocenters. The Bertz CT molecular complexity index is 4560. The number of hydrogen-bond acceptors (Lipinski definition) is 22. The van der Waals surface area contributed by atoms with Crippen molar-refractivity contribution in [2.75, 3.05) is 0 Å². The van der Waals surface area contributed by atoms with Crippen LogP contribution in [-0.4, -0.2) is 92.7 Å². The van der Waals surface area contributed by atoms with Gasteiger partial charge in [0, 0.05) is 110 Å². The van der Waals surface area contributed by atoms with Crippen LogP contribution in [0.25, 0.3) is 56.2 Å². The summed E-state index contributed by atoms with van der Waals surface area (Å²) in [6.45, 7) is 9.69. The lowest BCUT2D eigenvalue weighted by Crippen LogP contribution is -2.33. The average Bonchev–Trinajstić information content (AvgIpc) is 1.46. The fraction of sp³-hybridized carbons (Fsp3) is 0.130. The number of aryl methyl sites for hydroxylation is 1. The molecule has 9 aromatic rings. The number of carboxylic acid groups (broad SMARTS) is 1. The maximum atomic E-state index is 12.7. The van der Waals surface area contributed by atoms with E-state index in [1.807, 2.05) is 91.9 Å². The molecule has 25 heteroatoms. The van der Waals surface area contributed by atoms with Crippen LogP contribution in [0.4, 0.5) is 0 Å². The second kappa shape index (κ2) is 29.7. The zero-order valence-corrected chi connectivity index (χ0v) is 51.0. The highest BCUT2D eigenvalue weighted by Gasteiger charge is 2.53. The van der Waals surface area contributed by atoms with Gasteiger partial charge in [0.1, 0.15) is 34.3 Å². The summed E-state index contributed by atoms with van der Waals surface area (Å²) in [4.78, 5) is 88.6. The minimum atomic E-state index is -1.10. The van der Waals surface area contributed by atoms with E-state index in [-0.39, 0.29) is 34.5 Å². The molecule has 1 spiro atoms. The summed E-state index contributed by atoms with van der Waals surface area (Å²) in [7, 11) is 0. The van der Waals surface area contributed by atoms with E-state index in [4.69, 9.17) is 18.6 Å². The zero-order valence-electron chi connectivity index (χ0n) is 51.0. The Morgan fingerprint density at radius 2 is 1.09 bits per heavy atom. The summed E-state index contributed by atoms with van der Waals surface area (Å²) in [5.41, 5.74) is 8.51. The number of esters is 4. The average molecular weight is 1270 g/mol. The number of carbonyl (C=O) groups is 7. The molecular weight excluding hydrogens is 1210 g/mol. The molecule has 472 valence electrons. The molecule has 13 rings (SSSR count). The van der Waals surface area contributed by atoms with Crippen LogP contribution in [-0.2, 0) is 52.1 Å². The van der Waals surface area contributed by atoms with Gasteiger partial charge in [0.15, 0.2) is 23.7 Å². The molecule has 0 bridgehead atoms. The van der Waals surface area contributed by atoms with Crippen molar-refractivity contribution in [3.63, 3.8) is 0 Å². The largest absolute Gasteiger partial charge is 0.508 e. The highest BCUT2D eigenvalue weighted by atomic mass is 16.6. The van der Waals surface area contributed by atoms with Gasteiger partial charge in [-0.05, 0) is 83.8 Å². The van der Waals surface area contributed by atoms with E-state index in [1.54, 1.807) is 54.6 Å². The van der Waals surface area contributed by atoms with Crippen molar-refractivity contribution in [2.45, 2.75) is 60.2 Å². The van der Waals surface area contributed by atoms with Crippen LogP contribution in [0.1, 0.15) is 88.7 Å². The van der Waals surface area contributed by atoms with E-state index in [2.05, 4.69) is 56.2 Å². The second-order valence-corrected chi connectivity index (χ2v) is 20.7. The van der Waals surface area contributed by atoms with E-state index in [0.717, 1.165) is 38.9 Å². The van der Waals surface area contributed by atoms with Gasteiger partial charge in [-0.3, -0.25) is 28.8 Å². The van der Waals surface area contributed by atoms with Crippen LogP contribution in [0.2, 0.25) is 0 Å². The van der Waals surface area contributed by atoms with Gasteiger partial charge in [-0.15, -0.1) is 40.8 Å². The smallest absolute Gasteiger partial charge is 0.340 e. The number of hydrogen-bond donors (Lipinski definition) is 4. The summed E-state index contributed by atoms with van der Waals surface area (Å²) < 4.78 is 27.1. The van der Waals surface area contributed by atoms with Gasteiger partial charge in [0.25, 0.3) is 0 Å². The number of aromatic hydroxyl groups is 1. The van der Waals surface area contributed by atoms with Crippen LogP contribution >= 0.6 is 0 Å². The van der Waals surface area contributed by atoms with E-state index in [1.165, 1.54) is 77.6 Å². The van der Waals surface area contributed by atoms with Crippen LogP contribution in [0.15, 0.2) is 192 Å². The summed E-state index contributed by atoms with van der Waals surface area (Å²) in [6.07, 6.45) is 2.57. The third kappa shape index (κ3) is 16.0. The molecule has 7 aromatic carbocycles. The lowest BCUT2D eigenvalue weighted by molar-refractivity contribution is -0.156. The minimum absolute atomic E-state index is 0.0198. The molecule has 25 nitrogen and oxygen atoms in total. The maximum Gasteiger partial charge on any atom is 0.340 e. The Morgan fingerprint density at radius 1 is 0.543 bits per heavy atom. The van der Waals surface area contributed by atoms with Gasteiger partial charge in [-0.25, -0.2) is 9.59 Å². The third-order valence-corrected chi connectivity index (χ3v) is 13.8. The Hall–Kier alpha value is -12.8. The quantitative estimate of drug-likeness (QED) is 0.0452. The number of nitrogens with one attached hydrogen (secondary N) is 2. The molecule has 94 heavy (non-hydrogen) atoms. The minimum Gasteiger partial charge on any atom is -0.508 e. The number of nitrogens with zero attached hydrogens (tertiary/aromatic N) is 8. The van der Waals surface area contributed by atoms with Gasteiger partial charge in [-0.2, -0.15) is 0 Å². The first-order chi connectivity index (χ1) is 45.2. The molecule has 2 aromatic heterocycles. The van der Waals surface area contributed by atoms with Gasteiger partial charge in [-0.1, -0.05) is 97.1 Å². The van der Waals surface area contributed by atoms with Gasteiger partial charge < -0.3 is 44.2 Å². The molecule has 4 aliphatic rings. The number of benzene rings is 8. The molecule has 5 heterocycles. The SMILES string of the molecule is CC(=O)NCc1ccc(-c2nncnn2)cc1.CC(=O)NCc1ccc(-c2nncnn2)cc1.CC(=O)OC(C)=O.CC(=O)Oc1ccc2c(c1)Oc1cc(C)ccc1C21OC(=O)c2ccccc21.O=C(O)c1ccccc1-c1c2ccc(=O)cc-2oc2cc(O)ccc12. The second-order valence-electron chi connectivity index (χ2n) is 20.7. The first-order valence-electron chi connectivity index (χ1n) is 28.5. The van der Waals surface area contributed by atoms with Crippen molar-refractivity contribution in [1.29, 1.82) is 0 Å². The lowest BCUT2D eigenvalue weighted by Gasteiger charge is -2.36. The third-order valence-electron chi connectivity index (χ3n) is 13.8. The fourth-order valence-corrected chi connectivity index (χ4v) is 9.87. The standard InChI is InChI=1S/C23H16O5.C20H12O5.2C11H11N5O.C4H6O3/c1-13-7-9-18-20(11-13)27-21-12-15(26-14(2)24)8-10-19(21)23(18)17-6-4-3-5-16(17)22(25)28-23;21-11-5-7-15-17(9-11)25-18-10-12(22)6-8-16(18)19(15)13-3-1-2-4-14(13)20(23)24;2*1-8(17)12-6-9-2-4-10(5-3-9)11-15-13-7-14-16-11;1-3(5)7-4(2)6/h3-12H,1-2H3;1-10,21H,(H,23,24);2*2-5,7H,6H2,1H3,(H,12,17);1-2H3. The van der Waals surface area contributed by atoms with Gasteiger partial charge >= 0.3 is 29.8 Å². The number of phenolic OH excluding ortho intramolecular Hbond substituents is 1. The number of aromatic carboxylic acids is 1. The van der Waals surface area contributed by atoms with Gasteiger partial charge in [0.2, 0.25) is 23.5 Å². The van der Waals surface area contributed by atoms with Crippen LogP contribution in [0, 0.1) is 6.92 Å². The molecule has 1 aliphatic carbocycles. The normalized spacial score (nSPS) is 12.6. The number of fused-ring (bicyclic) bond motifs is 8. The number of carboxylic acids is 1. The van der Waals surface area contributed by atoms with E-state index in [0.29, 0.717) is 86.5 Å². The van der Waals surface area contributed by atoms with E-state index < -0.39 is 29.5 Å². The fourth-order valence-electron chi connectivity index (χ4n) is 9.87. The van der Waals surface area contributed by atoms with Crippen LogP contribution in [0.3, 0.4) is 0 Å². The van der Waals surface area contributed by atoms with Crippen molar-refractivity contribution < 1.29 is 67.1 Å². The summed E-state index contributed by atoms with van der Waals surface area (Å²) in [5, 5.41) is 55.5. The first-order valence-corrected chi connectivity index (χ1v) is 28.5. The monoisotopic (exact) mass is 1260 g/mol. The van der Waals surface area contributed by atoms with Crippen molar-refractivity contribution >= 4 is 52.6 Å². The Morgan fingerprint density at radius 3 is 1.63 bits per heavy atom. The van der Waals surface area contributed by atoms with E-state index in [9.17, 15) is 48.6 Å². The van der Waals surface area contributed by atoms with Gasteiger partial charge in [0.05, 0.1) is 11.1 Å². The van der Waals surface area contributed by atoms with Crippen molar-refractivity contribution in [3.05, 3.63) is 237 Å². The number of rotatable bonds is 9. The molecule has 3 aliphatic heterocycles. The van der Waals surface area contributed by atoms with Crippen LogP contribution in [0.5, 0.6) is 23.0 Å². The van der Waals surface area contributed by atoms with Crippen LogP contribution < -0.4 is 25.5 Å². The molecule has 0 radical (unpaired) electrons. The number of aromatic nitrogens is 8. The number of carbonyl (C=O) groups excluding carboxylic acids is 6. The Balaban J connectivity index is 0.000000146. The number of amides is 2. The summed E-state index contributed by atoms with van der Waals surface area (Å²) in [6, 6.07) is 49.1. The summed E-state index contributed by atoms with van der Waals surface area (Å²) >= 11 is 0. The lowest BCUT2D eigenvalue weighted by atomic mass is 9.77. The van der Waals surface area contributed by atoms with Crippen molar-refractivity contribution in [2.24, 2.45) is 0 Å².